The first kappa shape index (κ1) is 26.1. The molecule has 0 aliphatic heterocycles. The van der Waals surface area contributed by atoms with Crippen LogP contribution in [0, 0.1) is 0 Å². The average molecular weight is 479 g/mol. The molecule has 12 heteroatoms. The highest BCUT2D eigenvalue weighted by molar-refractivity contribution is 6.96. The maximum Gasteiger partial charge on any atom is 0.459 e. The SMILES string of the molecule is C=Cc1ccccc1[Si](O[Si](C)(C)C)(O[Si](C)(C)C)C(F)(F)C(F)(F)C(F)(F)F. The smallest absolute Gasteiger partial charge is 0.430 e. The topological polar surface area (TPSA) is 18.5 Å². The summed E-state index contributed by atoms with van der Waals surface area (Å²) in [4.78, 5) is 0. The summed E-state index contributed by atoms with van der Waals surface area (Å²) in [5, 5.41) is -0.492. The zero-order valence-corrected chi connectivity index (χ0v) is 20.1. The van der Waals surface area contributed by atoms with E-state index in [1.165, 1.54) is 57.5 Å². The van der Waals surface area contributed by atoms with Crippen LogP contribution in [0.2, 0.25) is 39.3 Å². The minimum atomic E-state index is -6.50. The molecule has 0 aliphatic rings. The summed E-state index contributed by atoms with van der Waals surface area (Å²) < 4.78 is 110. The first-order chi connectivity index (χ1) is 12.7. The van der Waals surface area contributed by atoms with Gasteiger partial charge >= 0.3 is 26.2 Å². The number of halogens is 7. The van der Waals surface area contributed by atoms with Crippen LogP contribution in [0.25, 0.3) is 6.08 Å². The second-order valence-electron chi connectivity index (χ2n) is 8.48. The largest absolute Gasteiger partial charge is 0.459 e. The number of rotatable bonds is 8. The fraction of sp³-hybridized carbons (Fsp3) is 0.529. The third-order valence-electron chi connectivity index (χ3n) is 3.60. The quantitative estimate of drug-likeness (QED) is 0.334. The lowest BCUT2D eigenvalue weighted by molar-refractivity contribution is -0.339. The van der Waals surface area contributed by atoms with E-state index < -0.39 is 48.0 Å². The molecule has 0 spiro atoms. The van der Waals surface area contributed by atoms with E-state index >= 15 is 8.78 Å². The lowest BCUT2D eigenvalue weighted by Crippen LogP contribution is -2.78. The van der Waals surface area contributed by atoms with Gasteiger partial charge in [-0.05, 0) is 44.8 Å². The molecule has 0 heterocycles. The Morgan fingerprint density at radius 1 is 0.793 bits per heavy atom. The van der Waals surface area contributed by atoms with Crippen molar-refractivity contribution in [1.29, 1.82) is 0 Å². The summed E-state index contributed by atoms with van der Waals surface area (Å²) in [6, 6.07) is 5.06. The molecule has 0 unspecified atom stereocenters. The van der Waals surface area contributed by atoms with E-state index in [1.807, 2.05) is 0 Å². The van der Waals surface area contributed by atoms with Crippen LogP contribution in [0.4, 0.5) is 30.7 Å². The number of hydrogen-bond donors (Lipinski definition) is 0. The number of alkyl halides is 7. The van der Waals surface area contributed by atoms with E-state index in [4.69, 9.17) is 8.23 Å². The van der Waals surface area contributed by atoms with Gasteiger partial charge in [0.25, 0.3) is 0 Å². The van der Waals surface area contributed by atoms with Crippen molar-refractivity contribution in [3.8, 4) is 0 Å². The van der Waals surface area contributed by atoms with Crippen LogP contribution in [0.5, 0.6) is 0 Å². The first-order valence-electron chi connectivity index (χ1n) is 8.66. The van der Waals surface area contributed by atoms with Crippen LogP contribution in [0.1, 0.15) is 5.56 Å². The molecular weight excluding hydrogens is 453 g/mol. The van der Waals surface area contributed by atoms with Gasteiger partial charge in [0.05, 0.1) is 0 Å². The average Bonchev–Trinajstić information content (AvgIpc) is 2.49. The Hall–Kier alpha value is -0.959. The molecule has 0 fully saturated rings. The zero-order valence-electron chi connectivity index (χ0n) is 17.1. The second kappa shape index (κ2) is 7.95. The van der Waals surface area contributed by atoms with Crippen molar-refractivity contribution in [2.24, 2.45) is 0 Å². The van der Waals surface area contributed by atoms with E-state index in [1.54, 1.807) is 0 Å². The van der Waals surface area contributed by atoms with Crippen LogP contribution in [-0.4, -0.2) is 42.8 Å². The minimum Gasteiger partial charge on any atom is -0.430 e. The Bertz CT molecular complexity index is 722. The minimum absolute atomic E-state index is 0.0340. The first-order valence-corrected chi connectivity index (χ1v) is 17.3. The molecule has 0 atom stereocenters. The van der Waals surface area contributed by atoms with Gasteiger partial charge in [0.1, 0.15) is 0 Å². The normalized spacial score (nSPS) is 14.8. The Balaban J connectivity index is 4.09. The molecule has 0 N–H and O–H groups in total. The molecule has 0 amide bonds. The Kier molecular flexibility index (Phi) is 7.14. The highest BCUT2D eigenvalue weighted by atomic mass is 28.5. The molecule has 166 valence electrons. The van der Waals surface area contributed by atoms with Gasteiger partial charge in [0.15, 0.2) is 16.6 Å². The molecule has 0 aliphatic carbocycles. The van der Waals surface area contributed by atoms with Gasteiger partial charge in [0, 0.05) is 5.19 Å². The summed E-state index contributed by atoms with van der Waals surface area (Å²) in [5.74, 6) is -6.36. The molecule has 1 aromatic carbocycles. The fourth-order valence-electron chi connectivity index (χ4n) is 2.65. The van der Waals surface area contributed by atoms with Crippen LogP contribution in [0.3, 0.4) is 0 Å². The van der Waals surface area contributed by atoms with Crippen LogP contribution < -0.4 is 5.19 Å². The molecule has 0 saturated heterocycles. The molecule has 0 bridgehead atoms. The standard InChI is InChI=1S/C17H25F7O2Si3/c1-8-13-11-9-10-12-14(13)29(25-27(2,3)4,26-28(5,6)7)17(23,24)15(18,19)16(20,21)22/h8-12H,1H2,2-7H3. The van der Waals surface area contributed by atoms with Crippen molar-refractivity contribution in [3.05, 3.63) is 36.4 Å². The summed E-state index contributed by atoms with van der Waals surface area (Å²) in [7, 11) is -12.0. The van der Waals surface area contributed by atoms with Crippen LogP contribution in [-0.2, 0) is 8.23 Å². The van der Waals surface area contributed by atoms with Gasteiger partial charge in [-0.2, -0.15) is 30.7 Å². The molecule has 1 aromatic rings. The predicted molar refractivity (Wildman–Crippen MR) is 107 cm³/mol. The third kappa shape index (κ3) is 5.21. The Morgan fingerprint density at radius 3 is 1.55 bits per heavy atom. The molecule has 0 aromatic heterocycles. The lowest BCUT2D eigenvalue weighted by atomic mass is 10.2. The maximum absolute atomic E-state index is 15.4. The van der Waals surface area contributed by atoms with Crippen molar-refractivity contribution >= 4 is 36.5 Å². The van der Waals surface area contributed by atoms with E-state index in [9.17, 15) is 22.0 Å². The summed E-state index contributed by atoms with van der Waals surface area (Å²) in [5.41, 5.74) is -5.67. The van der Waals surface area contributed by atoms with Gasteiger partial charge in [-0.25, -0.2) is 0 Å². The van der Waals surface area contributed by atoms with E-state index in [0.29, 0.717) is 0 Å². The monoisotopic (exact) mass is 478 g/mol. The van der Waals surface area contributed by atoms with Crippen LogP contribution in [0.15, 0.2) is 30.8 Å². The zero-order chi connectivity index (χ0) is 23.1. The number of benzene rings is 1. The van der Waals surface area contributed by atoms with Gasteiger partial charge in [0.2, 0.25) is 0 Å². The van der Waals surface area contributed by atoms with E-state index in [0.717, 1.165) is 12.1 Å². The third-order valence-corrected chi connectivity index (χ3v) is 13.1. The second-order valence-corrected chi connectivity index (χ2v) is 21.0. The highest BCUT2D eigenvalue weighted by Gasteiger charge is 2.84. The molecule has 1 rings (SSSR count). The van der Waals surface area contributed by atoms with Crippen molar-refractivity contribution in [2.75, 3.05) is 0 Å². The van der Waals surface area contributed by atoms with Crippen molar-refractivity contribution in [3.63, 3.8) is 0 Å². The molecule has 29 heavy (non-hydrogen) atoms. The molecule has 2 nitrogen and oxygen atoms in total. The van der Waals surface area contributed by atoms with Crippen molar-refractivity contribution in [2.45, 2.75) is 56.9 Å². The Morgan fingerprint density at radius 2 is 1.21 bits per heavy atom. The molecule has 0 radical (unpaired) electrons. The lowest BCUT2D eigenvalue weighted by Gasteiger charge is -2.47. The molecule has 0 saturated carbocycles. The predicted octanol–water partition coefficient (Wildman–Crippen LogP) is 6.05. The summed E-state index contributed by atoms with van der Waals surface area (Å²) in [6.45, 7) is 12.1. The van der Waals surface area contributed by atoms with Gasteiger partial charge in [-0.15, -0.1) is 0 Å². The van der Waals surface area contributed by atoms with E-state index in [2.05, 4.69) is 6.58 Å². The van der Waals surface area contributed by atoms with Gasteiger partial charge in [-0.1, -0.05) is 36.9 Å². The Labute approximate surface area is 169 Å². The summed E-state index contributed by atoms with van der Waals surface area (Å²) in [6.07, 6.45) is -5.39. The maximum atomic E-state index is 15.4. The van der Waals surface area contributed by atoms with Gasteiger partial charge < -0.3 is 8.23 Å². The van der Waals surface area contributed by atoms with Crippen molar-refractivity contribution in [1.82, 2.24) is 0 Å². The van der Waals surface area contributed by atoms with Gasteiger partial charge in [-0.3, -0.25) is 0 Å². The fourth-order valence-corrected chi connectivity index (χ4v) is 13.8. The van der Waals surface area contributed by atoms with E-state index in [-0.39, 0.29) is 5.56 Å². The summed E-state index contributed by atoms with van der Waals surface area (Å²) >= 11 is 0. The highest BCUT2D eigenvalue weighted by Crippen LogP contribution is 2.52. The molecular formula is C17H25F7O2Si3. The number of hydrogen-bond acceptors (Lipinski definition) is 2. The van der Waals surface area contributed by atoms with Crippen molar-refractivity contribution < 1.29 is 39.0 Å². The van der Waals surface area contributed by atoms with Crippen LogP contribution >= 0.6 is 0 Å².